The highest BCUT2D eigenvalue weighted by Gasteiger charge is 2.20. The van der Waals surface area contributed by atoms with E-state index in [4.69, 9.17) is 4.74 Å². The van der Waals surface area contributed by atoms with E-state index in [1.807, 2.05) is 0 Å². The van der Waals surface area contributed by atoms with Crippen molar-refractivity contribution in [1.82, 2.24) is 14.1 Å². The molecule has 0 spiro atoms. The number of benzene rings is 2. The Balaban J connectivity index is 2.10. The number of methoxy groups -OCH3 is 1. The van der Waals surface area contributed by atoms with Crippen LogP contribution < -0.4 is 16.0 Å². The van der Waals surface area contributed by atoms with Gasteiger partial charge in [-0.25, -0.2) is 22.5 Å². The lowest BCUT2D eigenvalue weighted by Crippen LogP contribution is -2.39. The molecule has 32 heavy (non-hydrogen) atoms. The van der Waals surface area contributed by atoms with Crippen molar-refractivity contribution in [3.8, 4) is 11.4 Å². The molecule has 2 aromatic heterocycles. The second-order valence-corrected chi connectivity index (χ2v) is 8.02. The third-order valence-electron chi connectivity index (χ3n) is 4.90. The van der Waals surface area contributed by atoms with E-state index in [1.165, 1.54) is 23.9 Å². The molecule has 0 saturated heterocycles. The first-order valence-corrected chi connectivity index (χ1v) is 10.1. The van der Waals surface area contributed by atoms with Crippen LogP contribution >= 0.6 is 15.9 Å². The second kappa shape index (κ2) is 8.27. The Hall–Kier alpha value is -3.40. The van der Waals surface area contributed by atoms with Crippen LogP contribution in [0.5, 0.6) is 5.75 Å². The highest BCUT2D eigenvalue weighted by atomic mass is 79.9. The first-order chi connectivity index (χ1) is 15.2. The monoisotopic (exact) mass is 505 g/mol. The molecule has 0 aliphatic rings. The van der Waals surface area contributed by atoms with E-state index in [0.717, 1.165) is 16.7 Å². The fourth-order valence-corrected chi connectivity index (χ4v) is 3.93. The molecule has 164 valence electrons. The van der Waals surface area contributed by atoms with E-state index in [1.54, 1.807) is 25.3 Å². The largest absolute Gasteiger partial charge is 0.496 e. The zero-order chi connectivity index (χ0) is 23.2. The van der Waals surface area contributed by atoms with Crippen molar-refractivity contribution < 1.29 is 17.9 Å². The third kappa shape index (κ3) is 3.70. The van der Waals surface area contributed by atoms with Crippen molar-refractivity contribution in [1.29, 1.82) is 0 Å². The van der Waals surface area contributed by atoms with Gasteiger partial charge in [0.15, 0.2) is 17.5 Å². The molecule has 2 aromatic carbocycles. The van der Waals surface area contributed by atoms with Crippen LogP contribution in [0.25, 0.3) is 16.6 Å². The molecule has 10 heteroatoms. The number of aromatic nitrogens is 3. The van der Waals surface area contributed by atoms with E-state index in [9.17, 15) is 22.8 Å². The van der Waals surface area contributed by atoms with Crippen LogP contribution in [0.1, 0.15) is 11.1 Å². The van der Waals surface area contributed by atoms with Crippen molar-refractivity contribution in [3.63, 3.8) is 0 Å². The topological polar surface area (TPSA) is 66.1 Å². The molecule has 0 radical (unpaired) electrons. The van der Waals surface area contributed by atoms with E-state index < -0.39 is 28.7 Å². The molecular weight excluding hydrogens is 491 g/mol. The zero-order valence-corrected chi connectivity index (χ0v) is 18.4. The number of aryl methyl sites for hydroxylation is 1. The number of ether oxygens (including phenoxy) is 1. The standard InChI is InChI=1S/C22H15BrF3N3O3/c1-11-3-14(9-27-8-11)29-21(30)19-17(6-13(23)7-18(19)32-2)28(22(29)31)10-12-4-15(24)20(26)16(25)5-12/h3-9H,10H2,1-2H3. The van der Waals surface area contributed by atoms with E-state index >= 15 is 0 Å². The minimum absolute atomic E-state index is 0.00342. The zero-order valence-electron chi connectivity index (χ0n) is 16.8. The van der Waals surface area contributed by atoms with Crippen molar-refractivity contribution in [2.45, 2.75) is 13.5 Å². The summed E-state index contributed by atoms with van der Waals surface area (Å²) in [5.74, 6) is -4.18. The lowest BCUT2D eigenvalue weighted by Gasteiger charge is -2.16. The number of rotatable bonds is 4. The van der Waals surface area contributed by atoms with Crippen LogP contribution in [-0.2, 0) is 6.54 Å². The van der Waals surface area contributed by atoms with Gasteiger partial charge in [-0.3, -0.25) is 14.3 Å². The maximum atomic E-state index is 13.8. The number of hydrogen-bond acceptors (Lipinski definition) is 4. The van der Waals surface area contributed by atoms with Gasteiger partial charge < -0.3 is 4.74 Å². The van der Waals surface area contributed by atoms with E-state index in [2.05, 4.69) is 20.9 Å². The van der Waals surface area contributed by atoms with Crippen molar-refractivity contribution >= 4 is 26.8 Å². The summed E-state index contributed by atoms with van der Waals surface area (Å²) in [6.07, 6.45) is 2.92. The molecule has 0 aliphatic heterocycles. The molecule has 0 amide bonds. The third-order valence-corrected chi connectivity index (χ3v) is 5.36. The number of fused-ring (bicyclic) bond motifs is 1. The molecule has 4 aromatic rings. The lowest BCUT2D eigenvalue weighted by molar-refractivity contribution is 0.418. The minimum atomic E-state index is -1.61. The SMILES string of the molecule is COc1cc(Br)cc2c1c(=O)n(-c1cncc(C)c1)c(=O)n2Cc1cc(F)c(F)c(F)c1. The molecule has 0 unspecified atom stereocenters. The Labute approximate surface area is 187 Å². The predicted molar refractivity (Wildman–Crippen MR) is 116 cm³/mol. The molecule has 0 N–H and O–H groups in total. The summed E-state index contributed by atoms with van der Waals surface area (Å²) in [5.41, 5.74) is -0.304. The van der Waals surface area contributed by atoms with Gasteiger partial charge in [0.05, 0.1) is 31.1 Å². The maximum absolute atomic E-state index is 13.8. The summed E-state index contributed by atoms with van der Waals surface area (Å²) in [7, 11) is 1.37. The van der Waals surface area contributed by atoms with Gasteiger partial charge in [0.1, 0.15) is 11.1 Å². The average molecular weight is 506 g/mol. The molecule has 4 rings (SSSR count). The highest BCUT2D eigenvalue weighted by molar-refractivity contribution is 9.10. The summed E-state index contributed by atoms with van der Waals surface area (Å²) in [6, 6.07) is 6.30. The molecular formula is C22H15BrF3N3O3. The summed E-state index contributed by atoms with van der Waals surface area (Å²) in [5, 5.41) is 0.0832. The highest BCUT2D eigenvalue weighted by Crippen LogP contribution is 2.28. The van der Waals surface area contributed by atoms with Crippen LogP contribution in [0, 0.1) is 24.4 Å². The van der Waals surface area contributed by atoms with Crippen molar-refractivity contribution in [2.75, 3.05) is 7.11 Å². The minimum Gasteiger partial charge on any atom is -0.496 e. The Morgan fingerprint density at radius 1 is 1.03 bits per heavy atom. The molecule has 0 saturated carbocycles. The number of nitrogens with zero attached hydrogens (tertiary/aromatic N) is 3. The van der Waals surface area contributed by atoms with Crippen LogP contribution in [0.3, 0.4) is 0 Å². The van der Waals surface area contributed by atoms with Gasteiger partial charge in [-0.05, 0) is 48.4 Å². The lowest BCUT2D eigenvalue weighted by atomic mass is 10.1. The number of halogens is 4. The summed E-state index contributed by atoms with van der Waals surface area (Å²) in [4.78, 5) is 30.9. The van der Waals surface area contributed by atoms with Crippen LogP contribution in [0.15, 0.2) is 56.8 Å². The quantitative estimate of drug-likeness (QED) is 0.392. The smallest absolute Gasteiger partial charge is 0.336 e. The van der Waals surface area contributed by atoms with E-state index in [0.29, 0.717) is 10.0 Å². The molecule has 2 heterocycles. The van der Waals surface area contributed by atoms with Crippen LogP contribution in [0.4, 0.5) is 13.2 Å². The first-order valence-electron chi connectivity index (χ1n) is 9.29. The van der Waals surface area contributed by atoms with Gasteiger partial charge in [-0.1, -0.05) is 15.9 Å². The van der Waals surface area contributed by atoms with Gasteiger partial charge in [-0.2, -0.15) is 0 Å². The summed E-state index contributed by atoms with van der Waals surface area (Å²) < 4.78 is 49.0. The van der Waals surface area contributed by atoms with Gasteiger partial charge in [0.2, 0.25) is 0 Å². The van der Waals surface area contributed by atoms with Crippen LogP contribution in [0.2, 0.25) is 0 Å². The summed E-state index contributed by atoms with van der Waals surface area (Å²) in [6.45, 7) is 1.42. The van der Waals surface area contributed by atoms with Gasteiger partial charge >= 0.3 is 5.69 Å². The Morgan fingerprint density at radius 2 is 1.72 bits per heavy atom. The number of pyridine rings is 1. The molecule has 0 atom stereocenters. The fourth-order valence-electron chi connectivity index (χ4n) is 3.50. The second-order valence-electron chi connectivity index (χ2n) is 7.11. The van der Waals surface area contributed by atoms with Crippen molar-refractivity contribution in [2.24, 2.45) is 0 Å². The van der Waals surface area contributed by atoms with Crippen molar-refractivity contribution in [3.05, 3.63) is 96.6 Å². The molecule has 6 nitrogen and oxygen atoms in total. The fraction of sp³-hybridized carbons (Fsp3) is 0.136. The van der Waals surface area contributed by atoms with Crippen LogP contribution in [-0.4, -0.2) is 21.2 Å². The number of hydrogen-bond donors (Lipinski definition) is 0. The molecule has 0 aliphatic carbocycles. The van der Waals surface area contributed by atoms with Gasteiger partial charge in [-0.15, -0.1) is 0 Å². The molecule has 0 bridgehead atoms. The Morgan fingerprint density at radius 3 is 2.34 bits per heavy atom. The molecule has 0 fully saturated rings. The van der Waals surface area contributed by atoms with Gasteiger partial charge in [0.25, 0.3) is 5.56 Å². The predicted octanol–water partition coefficient (Wildman–Crippen LogP) is 4.09. The Bertz CT molecular complexity index is 1470. The maximum Gasteiger partial charge on any atom is 0.336 e. The Kier molecular flexibility index (Phi) is 5.64. The average Bonchev–Trinajstić information content (AvgIpc) is 2.74. The summed E-state index contributed by atoms with van der Waals surface area (Å²) >= 11 is 3.31. The normalized spacial score (nSPS) is 11.2. The first kappa shape index (κ1) is 21.8. The van der Waals surface area contributed by atoms with Gasteiger partial charge in [0, 0.05) is 10.7 Å². The van der Waals surface area contributed by atoms with E-state index in [-0.39, 0.29) is 34.4 Å².